The molecule has 0 radical (unpaired) electrons. The molecule has 0 saturated heterocycles. The molecule has 0 amide bonds. The first-order chi connectivity index (χ1) is 8.11. The molecule has 0 aliphatic rings. The second-order valence-corrected chi connectivity index (χ2v) is 3.62. The number of nitrogens with zero attached hydrogens (tertiary/aromatic N) is 3. The Morgan fingerprint density at radius 2 is 2.06 bits per heavy atom. The highest BCUT2D eigenvalue weighted by atomic mass is 16.2. The molecule has 1 heterocycles. The van der Waals surface area contributed by atoms with Crippen molar-refractivity contribution in [3.63, 3.8) is 0 Å². The van der Waals surface area contributed by atoms with E-state index in [9.17, 15) is 4.79 Å². The van der Waals surface area contributed by atoms with Gasteiger partial charge in [-0.15, -0.1) is 0 Å². The van der Waals surface area contributed by atoms with Gasteiger partial charge in [-0.25, -0.2) is 0 Å². The number of benzene rings is 1. The average Bonchev–Trinajstić information content (AvgIpc) is 2.68. The topological polar surface area (TPSA) is 84.7 Å². The zero-order chi connectivity index (χ0) is 12.4. The number of hydrogen-bond acceptors (Lipinski definition) is 4. The Balaban J connectivity index is 2.37. The van der Waals surface area contributed by atoms with E-state index in [4.69, 9.17) is 11.0 Å². The molecule has 0 fully saturated rings. The van der Waals surface area contributed by atoms with Crippen molar-refractivity contribution in [1.82, 2.24) is 9.78 Å². The summed E-state index contributed by atoms with van der Waals surface area (Å²) >= 11 is 0. The quantitative estimate of drug-likeness (QED) is 0.795. The Bertz CT molecular complexity index is 604. The van der Waals surface area contributed by atoms with Gasteiger partial charge in [-0.1, -0.05) is 0 Å². The van der Waals surface area contributed by atoms with E-state index in [1.807, 2.05) is 6.07 Å². The fourth-order valence-electron chi connectivity index (χ4n) is 1.49. The van der Waals surface area contributed by atoms with Crippen LogP contribution in [0, 0.1) is 18.3 Å². The molecule has 0 spiro atoms. The van der Waals surface area contributed by atoms with Crippen LogP contribution in [0.1, 0.15) is 21.6 Å². The van der Waals surface area contributed by atoms with Gasteiger partial charge < -0.3 is 5.73 Å². The molecular formula is C12H10N4O. The number of aromatic nitrogens is 2. The van der Waals surface area contributed by atoms with Crippen LogP contribution in [0.3, 0.4) is 0 Å². The molecule has 2 N–H and O–H groups in total. The molecule has 17 heavy (non-hydrogen) atoms. The third kappa shape index (κ3) is 2.01. The summed E-state index contributed by atoms with van der Waals surface area (Å²) in [7, 11) is 0. The average molecular weight is 226 g/mol. The zero-order valence-corrected chi connectivity index (χ0v) is 9.21. The fourth-order valence-corrected chi connectivity index (χ4v) is 1.49. The molecule has 0 bridgehead atoms. The van der Waals surface area contributed by atoms with Crippen LogP contribution >= 0.6 is 0 Å². The smallest absolute Gasteiger partial charge is 0.280 e. The molecule has 1 aromatic carbocycles. The van der Waals surface area contributed by atoms with E-state index >= 15 is 0 Å². The second-order valence-electron chi connectivity index (χ2n) is 3.62. The summed E-state index contributed by atoms with van der Waals surface area (Å²) in [6.07, 6.45) is 0. The first-order valence-corrected chi connectivity index (χ1v) is 4.99. The number of nitriles is 1. The minimum Gasteiger partial charge on any atom is -0.383 e. The monoisotopic (exact) mass is 226 g/mol. The van der Waals surface area contributed by atoms with Crippen molar-refractivity contribution in [2.45, 2.75) is 6.92 Å². The summed E-state index contributed by atoms with van der Waals surface area (Å²) in [4.78, 5) is 12.0. The summed E-state index contributed by atoms with van der Waals surface area (Å²) in [5, 5.41) is 12.7. The van der Waals surface area contributed by atoms with Crippen LogP contribution in [-0.2, 0) is 0 Å². The zero-order valence-electron chi connectivity index (χ0n) is 9.21. The third-order valence-corrected chi connectivity index (χ3v) is 2.31. The molecule has 84 valence electrons. The highest BCUT2D eigenvalue weighted by Gasteiger charge is 2.12. The highest BCUT2D eigenvalue weighted by Crippen LogP contribution is 2.10. The minimum atomic E-state index is -0.305. The standard InChI is InChI=1S/C12H10N4O/c1-8-6-11(14)16(15-8)12(17)10-4-2-9(7-13)3-5-10/h2-6H,14H2,1H3. The number of nitrogen functional groups attached to an aromatic ring is 1. The first kappa shape index (κ1) is 10.9. The number of aryl methyl sites for hydroxylation is 1. The lowest BCUT2D eigenvalue weighted by Gasteiger charge is -2.02. The number of nitrogens with two attached hydrogens (primary N) is 1. The van der Waals surface area contributed by atoms with E-state index in [1.165, 1.54) is 0 Å². The van der Waals surface area contributed by atoms with Gasteiger partial charge in [0, 0.05) is 11.6 Å². The molecule has 0 unspecified atom stereocenters. The Kier molecular flexibility index (Phi) is 2.63. The minimum absolute atomic E-state index is 0.303. The van der Waals surface area contributed by atoms with E-state index < -0.39 is 0 Å². The van der Waals surface area contributed by atoms with Crippen molar-refractivity contribution < 1.29 is 4.79 Å². The molecule has 0 aliphatic carbocycles. The van der Waals surface area contributed by atoms with Gasteiger partial charge >= 0.3 is 0 Å². The number of carbonyl (C=O) groups is 1. The lowest BCUT2D eigenvalue weighted by molar-refractivity contribution is 0.0947. The Morgan fingerprint density at radius 3 is 2.53 bits per heavy atom. The predicted molar refractivity (Wildman–Crippen MR) is 62.3 cm³/mol. The van der Waals surface area contributed by atoms with Gasteiger partial charge in [0.2, 0.25) is 0 Å². The van der Waals surface area contributed by atoms with E-state index in [1.54, 1.807) is 37.3 Å². The maximum Gasteiger partial charge on any atom is 0.280 e. The van der Waals surface area contributed by atoms with Gasteiger partial charge in [0.1, 0.15) is 5.82 Å². The van der Waals surface area contributed by atoms with Crippen LogP contribution in [0.5, 0.6) is 0 Å². The van der Waals surface area contributed by atoms with Crippen molar-refractivity contribution in [2.75, 3.05) is 5.73 Å². The largest absolute Gasteiger partial charge is 0.383 e. The van der Waals surface area contributed by atoms with Gasteiger partial charge in [0.25, 0.3) is 5.91 Å². The van der Waals surface area contributed by atoms with Crippen molar-refractivity contribution >= 4 is 11.7 Å². The van der Waals surface area contributed by atoms with E-state index in [0.29, 0.717) is 22.6 Å². The lowest BCUT2D eigenvalue weighted by atomic mass is 10.1. The fraction of sp³-hybridized carbons (Fsp3) is 0.0833. The van der Waals surface area contributed by atoms with Crippen LogP contribution in [0.2, 0.25) is 0 Å². The van der Waals surface area contributed by atoms with Gasteiger partial charge in [0.05, 0.1) is 17.3 Å². The molecule has 0 atom stereocenters. The number of anilines is 1. The Morgan fingerprint density at radius 1 is 1.41 bits per heavy atom. The summed E-state index contributed by atoms with van der Waals surface area (Å²) in [6.45, 7) is 1.76. The van der Waals surface area contributed by atoms with Gasteiger partial charge in [-0.3, -0.25) is 4.79 Å². The normalized spacial score (nSPS) is 9.88. The highest BCUT2D eigenvalue weighted by molar-refractivity contribution is 5.97. The predicted octanol–water partition coefficient (Wildman–Crippen LogP) is 1.33. The van der Waals surface area contributed by atoms with Crippen molar-refractivity contribution in [1.29, 1.82) is 5.26 Å². The Hall–Kier alpha value is -2.61. The maximum atomic E-state index is 12.0. The molecule has 5 heteroatoms. The number of carbonyl (C=O) groups excluding carboxylic acids is 1. The van der Waals surface area contributed by atoms with Crippen molar-refractivity contribution in [3.05, 3.63) is 47.2 Å². The summed E-state index contributed by atoms with van der Waals surface area (Å²) < 4.78 is 1.15. The number of hydrogen-bond donors (Lipinski definition) is 1. The van der Waals surface area contributed by atoms with E-state index in [2.05, 4.69) is 5.10 Å². The second kappa shape index (κ2) is 4.10. The van der Waals surface area contributed by atoms with Crippen molar-refractivity contribution in [3.8, 4) is 6.07 Å². The van der Waals surface area contributed by atoms with Gasteiger partial charge in [0.15, 0.2) is 0 Å². The molecule has 2 aromatic rings. The Labute approximate surface area is 98.1 Å². The van der Waals surface area contributed by atoms with E-state index in [0.717, 1.165) is 4.68 Å². The van der Waals surface area contributed by atoms with Crippen molar-refractivity contribution in [2.24, 2.45) is 0 Å². The summed E-state index contributed by atoms with van der Waals surface area (Å²) in [6, 6.07) is 9.94. The SMILES string of the molecule is Cc1cc(N)n(C(=O)c2ccc(C#N)cc2)n1. The molecular weight excluding hydrogens is 216 g/mol. The van der Waals surface area contributed by atoms with Crippen LogP contribution in [0.4, 0.5) is 5.82 Å². The number of rotatable bonds is 1. The lowest BCUT2D eigenvalue weighted by Crippen LogP contribution is -2.16. The molecule has 1 aromatic heterocycles. The van der Waals surface area contributed by atoms with Gasteiger partial charge in [-0.05, 0) is 31.2 Å². The van der Waals surface area contributed by atoms with Gasteiger partial charge in [-0.2, -0.15) is 15.0 Å². The molecule has 5 nitrogen and oxygen atoms in total. The first-order valence-electron chi connectivity index (χ1n) is 4.99. The molecule has 0 aliphatic heterocycles. The van der Waals surface area contributed by atoms with Crippen LogP contribution in [0.15, 0.2) is 30.3 Å². The maximum absolute atomic E-state index is 12.0. The summed E-state index contributed by atoms with van der Waals surface area (Å²) in [5.41, 5.74) is 7.30. The molecule has 2 rings (SSSR count). The third-order valence-electron chi connectivity index (χ3n) is 2.31. The van der Waals surface area contributed by atoms with Crippen LogP contribution in [0.25, 0.3) is 0 Å². The summed E-state index contributed by atoms with van der Waals surface area (Å²) in [5.74, 6) is -0.00282. The van der Waals surface area contributed by atoms with Crippen LogP contribution in [-0.4, -0.2) is 15.7 Å². The van der Waals surface area contributed by atoms with E-state index in [-0.39, 0.29) is 5.91 Å². The van der Waals surface area contributed by atoms with Crippen LogP contribution < -0.4 is 5.73 Å². The molecule has 0 saturated carbocycles.